The second-order valence-electron chi connectivity index (χ2n) is 5.77. The van der Waals surface area contributed by atoms with E-state index < -0.39 is 0 Å². The number of ether oxygens (including phenoxy) is 2. The molecule has 1 amide bonds. The first-order valence-electron chi connectivity index (χ1n) is 8.35. The summed E-state index contributed by atoms with van der Waals surface area (Å²) in [6.07, 6.45) is 0.760. The van der Waals surface area contributed by atoms with Crippen LogP contribution in [0.15, 0.2) is 23.0 Å². The molecule has 0 unspecified atom stereocenters. The molecular formula is C18H22N2O4. The molecule has 1 aromatic heterocycles. The van der Waals surface area contributed by atoms with Gasteiger partial charge in [-0.2, -0.15) is 0 Å². The summed E-state index contributed by atoms with van der Waals surface area (Å²) in [6, 6.07) is 5.49. The van der Waals surface area contributed by atoms with E-state index in [1.54, 1.807) is 11.0 Å². The van der Waals surface area contributed by atoms with E-state index in [0.29, 0.717) is 61.7 Å². The fourth-order valence-electron chi connectivity index (χ4n) is 2.95. The van der Waals surface area contributed by atoms with Crippen LogP contribution in [0.2, 0.25) is 0 Å². The smallest absolute Gasteiger partial charge is 0.251 e. The van der Waals surface area contributed by atoms with Crippen LogP contribution in [0.5, 0.6) is 11.5 Å². The molecule has 6 nitrogen and oxygen atoms in total. The van der Waals surface area contributed by atoms with Gasteiger partial charge in [-0.3, -0.25) is 9.59 Å². The third-order valence-electron chi connectivity index (χ3n) is 4.31. The Kier molecular flexibility index (Phi) is 4.74. The monoisotopic (exact) mass is 330 g/mol. The number of amides is 1. The van der Waals surface area contributed by atoms with Crippen LogP contribution in [0, 0.1) is 0 Å². The molecule has 0 bridgehead atoms. The van der Waals surface area contributed by atoms with E-state index in [0.717, 1.165) is 5.39 Å². The quantitative estimate of drug-likeness (QED) is 0.911. The zero-order valence-corrected chi connectivity index (χ0v) is 14.1. The van der Waals surface area contributed by atoms with Crippen LogP contribution in [0.1, 0.15) is 25.8 Å². The van der Waals surface area contributed by atoms with Crippen LogP contribution < -0.4 is 15.0 Å². The SMILES string of the molecule is CCN(CC)C(=O)CCc1cc2cc3c(cc2[nH]c1=O)OCCO3. The number of hydrogen-bond donors (Lipinski definition) is 1. The lowest BCUT2D eigenvalue weighted by molar-refractivity contribution is -0.130. The minimum atomic E-state index is -0.161. The number of rotatable bonds is 5. The molecule has 1 aliphatic rings. The zero-order valence-electron chi connectivity index (χ0n) is 14.1. The van der Waals surface area contributed by atoms with Crippen LogP contribution in [0.4, 0.5) is 0 Å². The standard InChI is InChI=1S/C18H22N2O4/c1-3-20(4-2)17(21)6-5-12-9-13-10-15-16(24-8-7-23-15)11-14(13)19-18(12)22/h9-11H,3-8H2,1-2H3,(H,19,22). The summed E-state index contributed by atoms with van der Waals surface area (Å²) >= 11 is 0. The Labute approximate surface area is 140 Å². The highest BCUT2D eigenvalue weighted by Crippen LogP contribution is 2.33. The predicted molar refractivity (Wildman–Crippen MR) is 91.8 cm³/mol. The fourth-order valence-corrected chi connectivity index (χ4v) is 2.95. The van der Waals surface area contributed by atoms with Gasteiger partial charge < -0.3 is 19.4 Å². The molecule has 1 aromatic carbocycles. The van der Waals surface area contributed by atoms with Crippen molar-refractivity contribution in [1.29, 1.82) is 0 Å². The van der Waals surface area contributed by atoms with Gasteiger partial charge in [0.05, 0.1) is 5.52 Å². The number of aryl methyl sites for hydroxylation is 1. The molecule has 0 saturated heterocycles. The highest BCUT2D eigenvalue weighted by molar-refractivity contribution is 5.83. The minimum Gasteiger partial charge on any atom is -0.486 e. The molecule has 1 aliphatic heterocycles. The summed E-state index contributed by atoms with van der Waals surface area (Å²) in [7, 11) is 0. The van der Waals surface area contributed by atoms with E-state index >= 15 is 0 Å². The van der Waals surface area contributed by atoms with Crippen molar-refractivity contribution >= 4 is 16.8 Å². The molecule has 24 heavy (non-hydrogen) atoms. The third kappa shape index (κ3) is 3.22. The molecule has 128 valence electrons. The van der Waals surface area contributed by atoms with Crippen LogP contribution >= 0.6 is 0 Å². The number of fused-ring (bicyclic) bond motifs is 2. The summed E-state index contributed by atoms with van der Waals surface area (Å²) in [5.74, 6) is 1.40. The van der Waals surface area contributed by atoms with Gasteiger partial charge in [0.1, 0.15) is 13.2 Å². The largest absolute Gasteiger partial charge is 0.486 e. The minimum absolute atomic E-state index is 0.0710. The van der Waals surface area contributed by atoms with E-state index in [1.807, 2.05) is 26.0 Å². The number of aromatic nitrogens is 1. The number of hydrogen-bond acceptors (Lipinski definition) is 4. The van der Waals surface area contributed by atoms with E-state index in [4.69, 9.17) is 9.47 Å². The number of pyridine rings is 1. The second kappa shape index (κ2) is 6.95. The number of aromatic amines is 1. The molecule has 0 saturated carbocycles. The van der Waals surface area contributed by atoms with Crippen molar-refractivity contribution in [1.82, 2.24) is 9.88 Å². The van der Waals surface area contributed by atoms with Gasteiger partial charge in [-0.05, 0) is 32.4 Å². The normalized spacial score (nSPS) is 13.1. The predicted octanol–water partition coefficient (Wildman–Crippen LogP) is 2.10. The first-order valence-corrected chi connectivity index (χ1v) is 8.35. The van der Waals surface area contributed by atoms with Crippen molar-refractivity contribution in [3.63, 3.8) is 0 Å². The van der Waals surface area contributed by atoms with E-state index in [-0.39, 0.29) is 11.5 Å². The summed E-state index contributed by atoms with van der Waals surface area (Å²) in [5.41, 5.74) is 1.16. The van der Waals surface area contributed by atoms with Gasteiger partial charge in [0, 0.05) is 36.5 Å². The van der Waals surface area contributed by atoms with Crippen molar-refractivity contribution in [2.75, 3.05) is 26.3 Å². The first-order chi connectivity index (χ1) is 11.6. The van der Waals surface area contributed by atoms with E-state index in [1.165, 1.54) is 0 Å². The average molecular weight is 330 g/mol. The molecule has 3 rings (SSSR count). The van der Waals surface area contributed by atoms with Crippen LogP contribution in [0.25, 0.3) is 10.9 Å². The van der Waals surface area contributed by atoms with Crippen molar-refractivity contribution in [2.24, 2.45) is 0 Å². The molecule has 2 aromatic rings. The van der Waals surface area contributed by atoms with Crippen molar-refractivity contribution in [3.8, 4) is 11.5 Å². The van der Waals surface area contributed by atoms with Crippen molar-refractivity contribution < 1.29 is 14.3 Å². The molecule has 1 N–H and O–H groups in total. The highest BCUT2D eigenvalue weighted by atomic mass is 16.6. The molecule has 2 heterocycles. The molecule has 0 spiro atoms. The number of H-pyrrole nitrogens is 1. The summed E-state index contributed by atoms with van der Waals surface area (Å²) in [4.78, 5) is 29.0. The fraction of sp³-hybridized carbons (Fsp3) is 0.444. The third-order valence-corrected chi connectivity index (χ3v) is 4.31. The average Bonchev–Trinajstić information content (AvgIpc) is 2.59. The van der Waals surface area contributed by atoms with Gasteiger partial charge >= 0.3 is 0 Å². The van der Waals surface area contributed by atoms with Crippen molar-refractivity contribution in [3.05, 3.63) is 34.1 Å². The number of carbonyl (C=O) groups is 1. The maximum Gasteiger partial charge on any atom is 0.251 e. The maximum absolute atomic E-state index is 12.3. The number of carbonyl (C=O) groups excluding carboxylic acids is 1. The topological polar surface area (TPSA) is 71.6 Å². The molecule has 0 aliphatic carbocycles. The van der Waals surface area contributed by atoms with Gasteiger partial charge in [0.15, 0.2) is 11.5 Å². The Morgan fingerprint density at radius 2 is 1.79 bits per heavy atom. The number of nitrogens with zero attached hydrogens (tertiary/aromatic N) is 1. The molecule has 0 radical (unpaired) electrons. The van der Waals surface area contributed by atoms with Gasteiger partial charge in [-0.25, -0.2) is 0 Å². The Hall–Kier alpha value is -2.50. The van der Waals surface area contributed by atoms with Gasteiger partial charge in [-0.15, -0.1) is 0 Å². The van der Waals surface area contributed by atoms with Crippen LogP contribution in [-0.4, -0.2) is 42.1 Å². The Bertz CT molecular complexity index is 809. The lowest BCUT2D eigenvalue weighted by atomic mass is 10.1. The molecule has 0 atom stereocenters. The summed E-state index contributed by atoms with van der Waals surface area (Å²) < 4.78 is 11.1. The highest BCUT2D eigenvalue weighted by Gasteiger charge is 2.15. The Morgan fingerprint density at radius 1 is 1.12 bits per heavy atom. The van der Waals surface area contributed by atoms with Crippen LogP contribution in [-0.2, 0) is 11.2 Å². The lowest BCUT2D eigenvalue weighted by Gasteiger charge is -2.19. The second-order valence-corrected chi connectivity index (χ2v) is 5.77. The molecule has 0 fully saturated rings. The number of benzene rings is 1. The summed E-state index contributed by atoms with van der Waals surface area (Å²) in [5, 5.41) is 0.879. The van der Waals surface area contributed by atoms with Crippen molar-refractivity contribution in [2.45, 2.75) is 26.7 Å². The molecule has 6 heteroatoms. The first kappa shape index (κ1) is 16.4. The molecular weight excluding hydrogens is 308 g/mol. The number of nitrogens with one attached hydrogen (secondary N) is 1. The van der Waals surface area contributed by atoms with Crippen LogP contribution in [0.3, 0.4) is 0 Å². The van der Waals surface area contributed by atoms with Gasteiger partial charge in [0.2, 0.25) is 5.91 Å². The maximum atomic E-state index is 12.3. The van der Waals surface area contributed by atoms with E-state index in [9.17, 15) is 9.59 Å². The lowest BCUT2D eigenvalue weighted by Crippen LogP contribution is -2.31. The van der Waals surface area contributed by atoms with Gasteiger partial charge in [0.25, 0.3) is 5.56 Å². The Balaban J connectivity index is 1.85. The van der Waals surface area contributed by atoms with Gasteiger partial charge in [-0.1, -0.05) is 0 Å². The zero-order chi connectivity index (χ0) is 17.1. The van der Waals surface area contributed by atoms with E-state index in [2.05, 4.69) is 4.98 Å². The summed E-state index contributed by atoms with van der Waals surface area (Å²) in [6.45, 7) is 6.31. The Morgan fingerprint density at radius 3 is 2.46 bits per heavy atom.